The third-order valence-corrected chi connectivity index (χ3v) is 5.32. The maximum absolute atomic E-state index is 13.8. The van der Waals surface area contributed by atoms with E-state index in [4.69, 9.17) is 4.74 Å². The third kappa shape index (κ3) is 4.74. The molecule has 0 aromatic heterocycles. The van der Waals surface area contributed by atoms with Crippen LogP contribution in [0.3, 0.4) is 0 Å². The minimum atomic E-state index is -0.172. The zero-order valence-electron chi connectivity index (χ0n) is 15.8. The number of rotatable bonds is 6. The number of amides is 2. The molecule has 5 nitrogen and oxygen atoms in total. The standard InChI is InChI=1S/C20H30FN3O2/c1-14(2)12-15(24-8-10-26-11-9-24)13-22-20(25)23-19-7-6-16-17(19)4-3-5-18(16)21/h3-5,14-15,19H,6-13H2,1-2H3,(H2,22,23,25). The van der Waals surface area contributed by atoms with Gasteiger partial charge in [0.15, 0.2) is 0 Å². The van der Waals surface area contributed by atoms with Crippen molar-refractivity contribution in [1.82, 2.24) is 15.5 Å². The van der Waals surface area contributed by atoms with Crippen LogP contribution in [-0.2, 0) is 11.2 Å². The van der Waals surface area contributed by atoms with Crippen LogP contribution in [0, 0.1) is 11.7 Å². The molecule has 2 unspecified atom stereocenters. The fourth-order valence-electron chi connectivity index (χ4n) is 4.03. The first-order valence-corrected chi connectivity index (χ1v) is 9.68. The van der Waals surface area contributed by atoms with Gasteiger partial charge in [-0.3, -0.25) is 4.90 Å². The molecule has 2 amide bonds. The molecular formula is C20H30FN3O2. The third-order valence-electron chi connectivity index (χ3n) is 5.32. The molecular weight excluding hydrogens is 333 g/mol. The summed E-state index contributed by atoms with van der Waals surface area (Å²) in [7, 11) is 0. The van der Waals surface area contributed by atoms with Crippen LogP contribution in [0.25, 0.3) is 0 Å². The number of urea groups is 1. The van der Waals surface area contributed by atoms with E-state index in [1.807, 2.05) is 6.07 Å². The number of benzene rings is 1. The molecule has 3 rings (SSSR count). The Morgan fingerprint density at radius 1 is 1.35 bits per heavy atom. The van der Waals surface area contributed by atoms with Gasteiger partial charge in [-0.05, 0) is 42.4 Å². The maximum Gasteiger partial charge on any atom is 0.315 e. The van der Waals surface area contributed by atoms with Crippen LogP contribution in [-0.4, -0.2) is 49.8 Å². The smallest absolute Gasteiger partial charge is 0.315 e. The second kappa shape index (κ2) is 8.82. The average molecular weight is 363 g/mol. The summed E-state index contributed by atoms with van der Waals surface area (Å²) in [6.07, 6.45) is 2.47. The Kier molecular flexibility index (Phi) is 6.48. The lowest BCUT2D eigenvalue weighted by Gasteiger charge is -2.35. The van der Waals surface area contributed by atoms with Crippen LogP contribution < -0.4 is 10.6 Å². The van der Waals surface area contributed by atoms with Gasteiger partial charge in [-0.2, -0.15) is 0 Å². The Labute approximate surface area is 155 Å². The first kappa shape index (κ1) is 19.1. The highest BCUT2D eigenvalue weighted by atomic mass is 19.1. The highest BCUT2D eigenvalue weighted by Gasteiger charge is 2.27. The topological polar surface area (TPSA) is 53.6 Å². The monoisotopic (exact) mass is 363 g/mol. The second-order valence-corrected chi connectivity index (χ2v) is 7.68. The molecule has 0 saturated carbocycles. The molecule has 1 heterocycles. The van der Waals surface area contributed by atoms with Gasteiger partial charge in [-0.25, -0.2) is 9.18 Å². The van der Waals surface area contributed by atoms with Crippen LogP contribution in [0.1, 0.15) is 43.9 Å². The lowest BCUT2D eigenvalue weighted by Crippen LogP contribution is -2.50. The Hall–Kier alpha value is -1.66. The van der Waals surface area contributed by atoms with Crippen molar-refractivity contribution in [3.63, 3.8) is 0 Å². The van der Waals surface area contributed by atoms with Gasteiger partial charge in [0.2, 0.25) is 0 Å². The Morgan fingerprint density at radius 2 is 2.12 bits per heavy atom. The summed E-state index contributed by atoms with van der Waals surface area (Å²) >= 11 is 0. The van der Waals surface area contributed by atoms with Crippen molar-refractivity contribution in [1.29, 1.82) is 0 Å². The fourth-order valence-corrected chi connectivity index (χ4v) is 4.03. The molecule has 0 bridgehead atoms. The van der Waals surface area contributed by atoms with Gasteiger partial charge < -0.3 is 15.4 Å². The maximum atomic E-state index is 13.8. The lowest BCUT2D eigenvalue weighted by atomic mass is 10.0. The van der Waals surface area contributed by atoms with Crippen molar-refractivity contribution in [3.05, 3.63) is 35.1 Å². The summed E-state index contributed by atoms with van der Waals surface area (Å²) in [4.78, 5) is 14.8. The van der Waals surface area contributed by atoms with Gasteiger partial charge >= 0.3 is 6.03 Å². The van der Waals surface area contributed by atoms with Crippen LogP contribution in [0.5, 0.6) is 0 Å². The van der Waals surface area contributed by atoms with Crippen LogP contribution >= 0.6 is 0 Å². The lowest BCUT2D eigenvalue weighted by molar-refractivity contribution is 0.0129. The molecule has 1 aliphatic carbocycles. The van der Waals surface area contributed by atoms with Crippen molar-refractivity contribution in [2.75, 3.05) is 32.8 Å². The van der Waals surface area contributed by atoms with Crippen molar-refractivity contribution in [2.24, 2.45) is 5.92 Å². The summed E-state index contributed by atoms with van der Waals surface area (Å²) in [6, 6.07) is 5.15. The number of hydrogen-bond donors (Lipinski definition) is 2. The van der Waals surface area contributed by atoms with E-state index in [1.54, 1.807) is 6.07 Å². The number of fused-ring (bicyclic) bond motifs is 1. The van der Waals surface area contributed by atoms with E-state index in [-0.39, 0.29) is 17.9 Å². The van der Waals surface area contributed by atoms with Crippen molar-refractivity contribution in [3.8, 4) is 0 Å². The van der Waals surface area contributed by atoms with E-state index in [1.165, 1.54) is 6.07 Å². The Balaban J connectivity index is 1.53. The molecule has 0 radical (unpaired) electrons. The predicted octanol–water partition coefficient (Wildman–Crippen LogP) is 2.86. The molecule has 2 aliphatic rings. The molecule has 1 aromatic rings. The van der Waals surface area contributed by atoms with Gasteiger partial charge in [0.05, 0.1) is 19.3 Å². The molecule has 1 aliphatic heterocycles. The molecule has 6 heteroatoms. The first-order chi connectivity index (χ1) is 12.5. The zero-order chi connectivity index (χ0) is 18.5. The van der Waals surface area contributed by atoms with Crippen LogP contribution in [0.15, 0.2) is 18.2 Å². The molecule has 0 spiro atoms. The van der Waals surface area contributed by atoms with E-state index < -0.39 is 0 Å². The quantitative estimate of drug-likeness (QED) is 0.817. The normalized spacial score (nSPS) is 21.5. The van der Waals surface area contributed by atoms with Crippen molar-refractivity contribution < 1.29 is 13.9 Å². The number of nitrogens with zero attached hydrogens (tertiary/aromatic N) is 1. The number of nitrogens with one attached hydrogen (secondary N) is 2. The van der Waals surface area contributed by atoms with Gasteiger partial charge in [0, 0.05) is 25.7 Å². The zero-order valence-corrected chi connectivity index (χ0v) is 15.8. The molecule has 1 aromatic carbocycles. The minimum absolute atomic E-state index is 0.104. The average Bonchev–Trinajstić information content (AvgIpc) is 3.03. The molecule has 1 saturated heterocycles. The van der Waals surface area contributed by atoms with Crippen molar-refractivity contribution >= 4 is 6.03 Å². The summed E-state index contributed by atoms with van der Waals surface area (Å²) in [5.41, 5.74) is 1.65. The molecule has 1 fully saturated rings. The number of ether oxygens (including phenoxy) is 1. The van der Waals surface area contributed by atoms with E-state index in [9.17, 15) is 9.18 Å². The Morgan fingerprint density at radius 3 is 2.85 bits per heavy atom. The minimum Gasteiger partial charge on any atom is -0.379 e. The summed E-state index contributed by atoms with van der Waals surface area (Å²) in [5, 5.41) is 6.05. The summed E-state index contributed by atoms with van der Waals surface area (Å²) in [5.74, 6) is 0.397. The van der Waals surface area contributed by atoms with Crippen LogP contribution in [0.4, 0.5) is 9.18 Å². The van der Waals surface area contributed by atoms with E-state index in [0.717, 1.165) is 50.3 Å². The van der Waals surface area contributed by atoms with E-state index in [2.05, 4.69) is 29.4 Å². The number of halogens is 1. The van der Waals surface area contributed by atoms with E-state index in [0.29, 0.717) is 24.9 Å². The largest absolute Gasteiger partial charge is 0.379 e. The van der Waals surface area contributed by atoms with Gasteiger partial charge in [0.1, 0.15) is 5.82 Å². The highest BCUT2D eigenvalue weighted by molar-refractivity contribution is 5.74. The predicted molar refractivity (Wildman–Crippen MR) is 99.6 cm³/mol. The molecule has 26 heavy (non-hydrogen) atoms. The second-order valence-electron chi connectivity index (χ2n) is 7.68. The molecule has 2 N–H and O–H groups in total. The SMILES string of the molecule is CC(C)CC(CNC(=O)NC1CCc2c(F)cccc21)N1CCOCC1. The summed E-state index contributed by atoms with van der Waals surface area (Å²) in [6.45, 7) is 8.37. The van der Waals surface area contributed by atoms with Gasteiger partial charge in [-0.1, -0.05) is 26.0 Å². The van der Waals surface area contributed by atoms with Crippen LogP contribution in [0.2, 0.25) is 0 Å². The van der Waals surface area contributed by atoms with E-state index >= 15 is 0 Å². The highest BCUT2D eigenvalue weighted by Crippen LogP contribution is 2.32. The van der Waals surface area contributed by atoms with Crippen molar-refractivity contribution in [2.45, 2.75) is 45.2 Å². The Bertz CT molecular complexity index is 617. The number of morpholine rings is 1. The summed E-state index contributed by atoms with van der Waals surface area (Å²) < 4.78 is 19.3. The molecule has 2 atom stereocenters. The van der Waals surface area contributed by atoms with Gasteiger partial charge in [0.25, 0.3) is 0 Å². The molecule has 144 valence electrons. The number of carbonyl (C=O) groups is 1. The fraction of sp³-hybridized carbons (Fsp3) is 0.650. The van der Waals surface area contributed by atoms with Gasteiger partial charge in [-0.15, -0.1) is 0 Å². The first-order valence-electron chi connectivity index (χ1n) is 9.68. The number of hydrogen-bond acceptors (Lipinski definition) is 3. The number of carbonyl (C=O) groups excluding carboxylic acids is 1.